The molecule has 8 heteroatoms. The molecule has 0 amide bonds. The van der Waals surface area contributed by atoms with Gasteiger partial charge in [-0.1, -0.05) is 0 Å². The van der Waals surface area contributed by atoms with Crippen LogP contribution in [0.2, 0.25) is 0 Å². The smallest absolute Gasteiger partial charge is 0.221 e. The van der Waals surface area contributed by atoms with Gasteiger partial charge in [-0.2, -0.15) is 0 Å². The minimum absolute atomic E-state index is 0.0838. The number of pyridine rings is 2. The van der Waals surface area contributed by atoms with Gasteiger partial charge < -0.3 is 19.5 Å². The number of hydrogen-bond acceptors (Lipinski definition) is 7. The van der Waals surface area contributed by atoms with Crippen LogP contribution >= 0.6 is 0 Å². The summed E-state index contributed by atoms with van der Waals surface area (Å²) >= 11 is 0. The van der Waals surface area contributed by atoms with Crippen molar-refractivity contribution >= 4 is 22.3 Å². The van der Waals surface area contributed by atoms with Gasteiger partial charge in [-0.25, -0.2) is 14.4 Å². The number of ether oxygens (including phenoxy) is 3. The SMILES string of the molecule is Fc1cnc2c(c1)CN=C2Nc1ccc2c(OCC3COCCO3)nccc2c1. The van der Waals surface area contributed by atoms with Gasteiger partial charge in [-0.3, -0.25) is 4.99 Å². The van der Waals surface area contributed by atoms with Crippen LogP contribution in [0.5, 0.6) is 5.88 Å². The fraction of sp³-hybridized carbons (Fsp3) is 0.286. The van der Waals surface area contributed by atoms with E-state index >= 15 is 0 Å². The number of benzene rings is 1. The molecule has 1 N–H and O–H groups in total. The number of rotatable bonds is 4. The minimum atomic E-state index is -0.351. The maximum absolute atomic E-state index is 13.3. The molecule has 2 aliphatic rings. The molecule has 7 nitrogen and oxygen atoms in total. The third-order valence-corrected chi connectivity index (χ3v) is 4.85. The number of anilines is 1. The predicted octanol–water partition coefficient (Wildman–Crippen LogP) is 2.94. The molecule has 3 aromatic rings. The van der Waals surface area contributed by atoms with Gasteiger partial charge in [0.1, 0.15) is 24.2 Å². The van der Waals surface area contributed by atoms with Gasteiger partial charge in [0.15, 0.2) is 5.84 Å². The summed E-state index contributed by atoms with van der Waals surface area (Å²) in [6.07, 6.45) is 2.84. The number of aromatic nitrogens is 2. The lowest BCUT2D eigenvalue weighted by atomic mass is 10.1. The molecule has 2 aliphatic heterocycles. The van der Waals surface area contributed by atoms with E-state index in [9.17, 15) is 4.39 Å². The highest BCUT2D eigenvalue weighted by Crippen LogP contribution is 2.27. The van der Waals surface area contributed by atoms with Crippen molar-refractivity contribution in [2.45, 2.75) is 12.6 Å². The third-order valence-electron chi connectivity index (χ3n) is 4.85. The highest BCUT2D eigenvalue weighted by Gasteiger charge is 2.19. The van der Waals surface area contributed by atoms with E-state index in [1.54, 1.807) is 6.20 Å². The molecule has 1 unspecified atom stereocenters. The van der Waals surface area contributed by atoms with E-state index in [-0.39, 0.29) is 11.9 Å². The van der Waals surface area contributed by atoms with E-state index < -0.39 is 0 Å². The number of nitrogens with zero attached hydrogens (tertiary/aromatic N) is 3. The van der Waals surface area contributed by atoms with E-state index in [1.807, 2.05) is 24.3 Å². The molecule has 0 radical (unpaired) electrons. The molecule has 29 heavy (non-hydrogen) atoms. The zero-order chi connectivity index (χ0) is 19.6. The molecular weight excluding hydrogens is 375 g/mol. The maximum atomic E-state index is 13.3. The molecule has 148 valence electrons. The molecule has 0 aliphatic carbocycles. The lowest BCUT2D eigenvalue weighted by Crippen LogP contribution is -2.33. The first-order valence-electron chi connectivity index (χ1n) is 9.43. The Balaban J connectivity index is 1.34. The Morgan fingerprint density at radius 3 is 3.03 bits per heavy atom. The van der Waals surface area contributed by atoms with Crippen LogP contribution in [-0.4, -0.2) is 48.3 Å². The second-order valence-electron chi connectivity index (χ2n) is 6.88. The number of hydrogen-bond donors (Lipinski definition) is 1. The standard InChI is InChI=1S/C21H19FN4O3/c22-15-7-14-9-25-20(19(14)24-10-15)26-16-1-2-18-13(8-16)3-4-23-21(18)29-12-17-11-27-5-6-28-17/h1-4,7-8,10,17H,5-6,9,11-12H2,(H,25,26). The summed E-state index contributed by atoms with van der Waals surface area (Å²) in [6.45, 7) is 2.55. The third kappa shape index (κ3) is 3.76. The van der Waals surface area contributed by atoms with Gasteiger partial charge in [0.25, 0.3) is 0 Å². The van der Waals surface area contributed by atoms with Crippen LogP contribution in [0.25, 0.3) is 10.8 Å². The van der Waals surface area contributed by atoms with Crippen molar-refractivity contribution in [1.29, 1.82) is 0 Å². The topological polar surface area (TPSA) is 77.9 Å². The monoisotopic (exact) mass is 394 g/mol. The Hall–Kier alpha value is -3.10. The number of halogens is 1. The van der Waals surface area contributed by atoms with E-state index in [2.05, 4.69) is 20.3 Å². The highest BCUT2D eigenvalue weighted by molar-refractivity contribution is 6.10. The summed E-state index contributed by atoms with van der Waals surface area (Å²) in [7, 11) is 0. The van der Waals surface area contributed by atoms with Crippen LogP contribution in [0.3, 0.4) is 0 Å². The molecular formula is C21H19FN4O3. The molecule has 1 fully saturated rings. The van der Waals surface area contributed by atoms with Crippen molar-refractivity contribution in [2.24, 2.45) is 4.99 Å². The second kappa shape index (κ2) is 7.73. The summed E-state index contributed by atoms with van der Waals surface area (Å²) in [4.78, 5) is 12.9. The molecule has 5 rings (SSSR count). The molecule has 1 atom stereocenters. The van der Waals surface area contributed by atoms with Crippen molar-refractivity contribution < 1.29 is 18.6 Å². The van der Waals surface area contributed by atoms with Crippen LogP contribution in [0.1, 0.15) is 11.3 Å². The van der Waals surface area contributed by atoms with Gasteiger partial charge >= 0.3 is 0 Å². The Kier molecular flexibility index (Phi) is 4.79. The molecule has 0 bridgehead atoms. The first-order valence-corrected chi connectivity index (χ1v) is 9.43. The van der Waals surface area contributed by atoms with Gasteiger partial charge in [0.05, 0.1) is 32.6 Å². The van der Waals surface area contributed by atoms with Crippen LogP contribution in [-0.2, 0) is 16.0 Å². The maximum Gasteiger partial charge on any atom is 0.221 e. The second-order valence-corrected chi connectivity index (χ2v) is 6.88. The predicted molar refractivity (Wildman–Crippen MR) is 106 cm³/mol. The molecule has 4 heterocycles. The summed E-state index contributed by atoms with van der Waals surface area (Å²) in [5.41, 5.74) is 2.32. The van der Waals surface area contributed by atoms with Gasteiger partial charge in [-0.05, 0) is 35.7 Å². The molecule has 1 aromatic carbocycles. The molecule has 1 saturated heterocycles. The zero-order valence-electron chi connectivity index (χ0n) is 15.6. The van der Waals surface area contributed by atoms with Crippen molar-refractivity contribution in [1.82, 2.24) is 9.97 Å². The fourth-order valence-electron chi connectivity index (χ4n) is 3.44. The normalized spacial score (nSPS) is 18.4. The number of amidine groups is 1. The van der Waals surface area contributed by atoms with Gasteiger partial charge in [-0.15, -0.1) is 0 Å². The Bertz CT molecular complexity index is 1080. The largest absolute Gasteiger partial charge is 0.474 e. The first-order chi connectivity index (χ1) is 14.3. The van der Waals surface area contributed by atoms with E-state index in [4.69, 9.17) is 14.2 Å². The first kappa shape index (κ1) is 18.0. The van der Waals surface area contributed by atoms with Crippen molar-refractivity contribution in [3.63, 3.8) is 0 Å². The number of nitrogens with one attached hydrogen (secondary N) is 1. The average molecular weight is 394 g/mol. The van der Waals surface area contributed by atoms with Crippen molar-refractivity contribution in [3.05, 3.63) is 59.8 Å². The lowest BCUT2D eigenvalue weighted by molar-refractivity contribution is -0.101. The van der Waals surface area contributed by atoms with Crippen molar-refractivity contribution in [3.8, 4) is 5.88 Å². The fourth-order valence-corrected chi connectivity index (χ4v) is 3.44. The van der Waals surface area contributed by atoms with Gasteiger partial charge in [0, 0.05) is 22.8 Å². The van der Waals surface area contributed by atoms with Crippen LogP contribution in [0.15, 0.2) is 47.7 Å². The zero-order valence-corrected chi connectivity index (χ0v) is 15.6. The molecule has 2 aromatic heterocycles. The molecule has 0 saturated carbocycles. The quantitative estimate of drug-likeness (QED) is 0.733. The van der Waals surface area contributed by atoms with Crippen LogP contribution in [0, 0.1) is 5.82 Å². The van der Waals surface area contributed by atoms with E-state index in [1.165, 1.54) is 12.3 Å². The molecule has 0 spiro atoms. The Morgan fingerprint density at radius 2 is 2.14 bits per heavy atom. The Labute approximate surface area is 166 Å². The number of aliphatic imine (C=N–C) groups is 1. The Morgan fingerprint density at radius 1 is 1.17 bits per heavy atom. The average Bonchev–Trinajstić information content (AvgIpc) is 3.14. The van der Waals surface area contributed by atoms with E-state index in [0.29, 0.717) is 50.4 Å². The highest BCUT2D eigenvalue weighted by atomic mass is 19.1. The summed E-state index contributed by atoms with van der Waals surface area (Å²) in [5.74, 6) is 0.847. The van der Waals surface area contributed by atoms with Gasteiger partial charge in [0.2, 0.25) is 5.88 Å². The number of fused-ring (bicyclic) bond motifs is 2. The minimum Gasteiger partial charge on any atom is -0.474 e. The van der Waals surface area contributed by atoms with Crippen LogP contribution < -0.4 is 10.1 Å². The van der Waals surface area contributed by atoms with Crippen molar-refractivity contribution in [2.75, 3.05) is 31.7 Å². The van der Waals surface area contributed by atoms with Crippen LogP contribution in [0.4, 0.5) is 10.1 Å². The van der Waals surface area contributed by atoms with E-state index in [0.717, 1.165) is 22.0 Å². The summed E-state index contributed by atoms with van der Waals surface area (Å²) in [5, 5.41) is 5.16. The lowest BCUT2D eigenvalue weighted by Gasteiger charge is -2.22. The summed E-state index contributed by atoms with van der Waals surface area (Å²) in [6, 6.07) is 9.27. The summed E-state index contributed by atoms with van der Waals surface area (Å²) < 4.78 is 30.2.